The molecular formula is C16H12ClNO5S2. The van der Waals surface area contributed by atoms with Gasteiger partial charge in [0.15, 0.2) is 11.5 Å². The number of benzene rings is 2. The molecule has 9 heteroatoms. The number of aromatic hydroxyl groups is 1. The SMILES string of the molecule is COc1ccc(NS(=O)(=O)c2cc3cc(Cl)ccc3sc2=O)cc1O. The number of halogens is 1. The van der Waals surface area contributed by atoms with Crippen molar-refractivity contribution in [2.45, 2.75) is 4.90 Å². The molecule has 2 N–H and O–H groups in total. The summed E-state index contributed by atoms with van der Waals surface area (Å²) in [7, 11) is -2.75. The summed E-state index contributed by atoms with van der Waals surface area (Å²) in [5.41, 5.74) is 0.105. The maximum atomic E-state index is 12.6. The summed E-state index contributed by atoms with van der Waals surface area (Å²) in [6.07, 6.45) is 0. The number of phenols is 1. The number of hydrogen-bond donors (Lipinski definition) is 2. The van der Waals surface area contributed by atoms with Gasteiger partial charge in [-0.25, -0.2) is 8.42 Å². The predicted octanol–water partition coefficient (Wildman–Crippen LogP) is 3.43. The molecule has 0 aliphatic rings. The predicted molar refractivity (Wildman–Crippen MR) is 98.6 cm³/mol. The van der Waals surface area contributed by atoms with Gasteiger partial charge >= 0.3 is 0 Å². The average Bonchev–Trinajstić information content (AvgIpc) is 2.54. The van der Waals surface area contributed by atoms with E-state index in [9.17, 15) is 18.3 Å². The van der Waals surface area contributed by atoms with Crippen molar-refractivity contribution in [2.75, 3.05) is 11.8 Å². The molecule has 1 aromatic heterocycles. The standard InChI is InChI=1S/C16H12ClNO5S2/c1-23-13-4-3-11(8-12(13)19)18-25(21,22)15-7-9-6-10(17)2-5-14(9)24-16(15)20/h2-8,18-19H,1H3. The normalized spacial score (nSPS) is 11.4. The molecule has 0 fully saturated rings. The van der Waals surface area contributed by atoms with Crippen LogP contribution in [0.25, 0.3) is 10.1 Å². The Morgan fingerprint density at radius 3 is 2.60 bits per heavy atom. The van der Waals surface area contributed by atoms with E-state index < -0.39 is 14.8 Å². The highest BCUT2D eigenvalue weighted by Gasteiger charge is 2.20. The first-order valence-corrected chi connectivity index (χ1v) is 9.61. The number of sulfonamides is 1. The van der Waals surface area contributed by atoms with Crippen LogP contribution in [0.3, 0.4) is 0 Å². The van der Waals surface area contributed by atoms with Gasteiger partial charge in [0.05, 0.1) is 12.8 Å². The highest BCUT2D eigenvalue weighted by atomic mass is 35.5. The highest BCUT2D eigenvalue weighted by molar-refractivity contribution is 7.92. The van der Waals surface area contributed by atoms with Crippen LogP contribution in [-0.2, 0) is 10.0 Å². The molecule has 0 saturated carbocycles. The molecule has 3 rings (SSSR count). The van der Waals surface area contributed by atoms with Gasteiger partial charge in [-0.2, -0.15) is 0 Å². The Labute approximate surface area is 152 Å². The number of nitrogens with one attached hydrogen (secondary N) is 1. The number of methoxy groups -OCH3 is 1. The van der Waals surface area contributed by atoms with Crippen LogP contribution >= 0.6 is 22.9 Å². The Morgan fingerprint density at radius 1 is 1.16 bits per heavy atom. The van der Waals surface area contributed by atoms with Crippen molar-refractivity contribution in [1.82, 2.24) is 0 Å². The molecule has 6 nitrogen and oxygen atoms in total. The molecule has 2 aromatic carbocycles. The van der Waals surface area contributed by atoms with Crippen LogP contribution in [0.2, 0.25) is 5.02 Å². The largest absolute Gasteiger partial charge is 0.504 e. The van der Waals surface area contributed by atoms with Crippen molar-refractivity contribution in [2.24, 2.45) is 0 Å². The fraction of sp³-hybridized carbons (Fsp3) is 0.0625. The summed E-state index contributed by atoms with van der Waals surface area (Å²) in [6, 6.07) is 10.2. The maximum Gasteiger partial charge on any atom is 0.266 e. The van der Waals surface area contributed by atoms with Gasteiger partial charge in [0.1, 0.15) is 4.90 Å². The fourth-order valence-electron chi connectivity index (χ4n) is 2.23. The van der Waals surface area contributed by atoms with Crippen LogP contribution in [0.4, 0.5) is 5.69 Å². The van der Waals surface area contributed by atoms with E-state index in [4.69, 9.17) is 16.3 Å². The Morgan fingerprint density at radius 2 is 1.92 bits per heavy atom. The van der Waals surface area contributed by atoms with Crippen LogP contribution in [0.5, 0.6) is 11.5 Å². The maximum absolute atomic E-state index is 12.6. The minimum atomic E-state index is -4.13. The Bertz CT molecular complexity index is 1130. The van der Waals surface area contributed by atoms with Crippen molar-refractivity contribution in [3.8, 4) is 11.5 Å². The molecule has 0 spiro atoms. The third-order valence-electron chi connectivity index (χ3n) is 3.38. The third-order valence-corrected chi connectivity index (χ3v) is 6.13. The lowest BCUT2D eigenvalue weighted by molar-refractivity contribution is 0.373. The van der Waals surface area contributed by atoms with E-state index in [-0.39, 0.29) is 22.1 Å². The van der Waals surface area contributed by atoms with E-state index >= 15 is 0 Å². The molecular weight excluding hydrogens is 386 g/mol. The van der Waals surface area contributed by atoms with Crippen molar-refractivity contribution < 1.29 is 18.3 Å². The van der Waals surface area contributed by atoms with Crippen molar-refractivity contribution in [3.63, 3.8) is 0 Å². The van der Waals surface area contributed by atoms with Crippen molar-refractivity contribution in [1.29, 1.82) is 0 Å². The van der Waals surface area contributed by atoms with Gasteiger partial charge in [-0.15, -0.1) is 0 Å². The van der Waals surface area contributed by atoms with Gasteiger partial charge in [-0.05, 0) is 41.8 Å². The molecule has 0 aliphatic heterocycles. The van der Waals surface area contributed by atoms with E-state index in [2.05, 4.69) is 4.72 Å². The second kappa shape index (κ2) is 6.55. The number of anilines is 1. The minimum absolute atomic E-state index is 0.105. The summed E-state index contributed by atoms with van der Waals surface area (Å²) in [5, 5.41) is 10.7. The lowest BCUT2D eigenvalue weighted by Crippen LogP contribution is -2.19. The molecule has 0 amide bonds. The zero-order valence-corrected chi connectivity index (χ0v) is 15.2. The van der Waals surface area contributed by atoms with E-state index in [0.717, 1.165) is 11.3 Å². The molecule has 0 unspecified atom stereocenters. The molecule has 1 heterocycles. The summed E-state index contributed by atoms with van der Waals surface area (Å²) >= 11 is 6.74. The van der Waals surface area contributed by atoms with Gasteiger partial charge in [-0.3, -0.25) is 9.52 Å². The number of rotatable bonds is 4. The van der Waals surface area contributed by atoms with Gasteiger partial charge in [-0.1, -0.05) is 22.9 Å². The first kappa shape index (κ1) is 17.5. The zero-order valence-electron chi connectivity index (χ0n) is 12.8. The van der Waals surface area contributed by atoms with E-state index in [1.165, 1.54) is 31.4 Å². The van der Waals surface area contributed by atoms with Crippen molar-refractivity contribution >= 4 is 48.7 Å². The monoisotopic (exact) mass is 397 g/mol. The molecule has 0 atom stereocenters. The Hall–Kier alpha value is -2.29. The lowest BCUT2D eigenvalue weighted by atomic mass is 10.2. The minimum Gasteiger partial charge on any atom is -0.504 e. The highest BCUT2D eigenvalue weighted by Crippen LogP contribution is 2.30. The van der Waals surface area contributed by atoms with Gasteiger partial charge < -0.3 is 9.84 Å². The summed E-state index contributed by atoms with van der Waals surface area (Å²) in [5.74, 6) is -0.0202. The fourth-order valence-corrected chi connectivity index (χ4v) is 4.64. The number of fused-ring (bicyclic) bond motifs is 1. The first-order valence-electron chi connectivity index (χ1n) is 6.93. The smallest absolute Gasteiger partial charge is 0.266 e. The van der Waals surface area contributed by atoms with Crippen LogP contribution in [0.1, 0.15) is 0 Å². The quantitative estimate of drug-likeness (QED) is 0.703. The van der Waals surface area contributed by atoms with E-state index in [1.54, 1.807) is 18.2 Å². The molecule has 3 aromatic rings. The third kappa shape index (κ3) is 3.55. The molecule has 0 saturated heterocycles. The van der Waals surface area contributed by atoms with Gasteiger partial charge in [0.25, 0.3) is 14.8 Å². The Kier molecular flexibility index (Phi) is 4.59. The second-order valence-corrected chi connectivity index (χ2v) is 8.17. The van der Waals surface area contributed by atoms with Crippen molar-refractivity contribution in [3.05, 3.63) is 57.0 Å². The number of ether oxygens (including phenoxy) is 1. The summed E-state index contributed by atoms with van der Waals surface area (Å²) < 4.78 is 32.4. The van der Waals surface area contributed by atoms with Crippen LogP contribution < -0.4 is 14.2 Å². The molecule has 25 heavy (non-hydrogen) atoms. The average molecular weight is 398 g/mol. The zero-order chi connectivity index (χ0) is 18.2. The number of hydrogen-bond acceptors (Lipinski definition) is 6. The second-order valence-electron chi connectivity index (χ2n) is 5.07. The lowest BCUT2D eigenvalue weighted by Gasteiger charge is -2.10. The van der Waals surface area contributed by atoms with Crippen LogP contribution in [-0.4, -0.2) is 20.6 Å². The van der Waals surface area contributed by atoms with Crippen LogP contribution in [0.15, 0.2) is 52.2 Å². The van der Waals surface area contributed by atoms with Gasteiger partial charge in [0.2, 0.25) is 0 Å². The van der Waals surface area contributed by atoms with E-state index in [1.807, 2.05) is 0 Å². The Balaban J connectivity index is 2.05. The van der Waals surface area contributed by atoms with E-state index in [0.29, 0.717) is 15.1 Å². The molecule has 0 radical (unpaired) electrons. The molecule has 0 aliphatic carbocycles. The summed E-state index contributed by atoms with van der Waals surface area (Å²) in [6.45, 7) is 0. The topological polar surface area (TPSA) is 92.7 Å². The molecule has 0 bridgehead atoms. The van der Waals surface area contributed by atoms with Gasteiger partial charge in [0, 0.05) is 15.8 Å². The molecule has 130 valence electrons. The number of phenolic OH excluding ortho intramolecular Hbond substituents is 1. The first-order chi connectivity index (χ1) is 11.8. The summed E-state index contributed by atoms with van der Waals surface area (Å²) in [4.78, 5) is 11.8. The van der Waals surface area contributed by atoms with Crippen LogP contribution in [0, 0.1) is 0 Å².